The molecule has 10 heteroatoms. The second kappa shape index (κ2) is 8.21. The van der Waals surface area contributed by atoms with Crippen LogP contribution in [0.4, 0.5) is 0 Å². The van der Waals surface area contributed by atoms with Crippen molar-refractivity contribution in [1.82, 2.24) is 23.7 Å². The van der Waals surface area contributed by atoms with Gasteiger partial charge in [-0.25, -0.2) is 12.9 Å². The number of rotatable bonds is 6. The molecule has 2 aliphatic heterocycles. The van der Waals surface area contributed by atoms with Crippen LogP contribution in [0.5, 0.6) is 0 Å². The Morgan fingerprint density at radius 1 is 1.00 bits per heavy atom. The molecule has 2 aliphatic rings. The summed E-state index contributed by atoms with van der Waals surface area (Å²) >= 11 is 0. The van der Waals surface area contributed by atoms with E-state index < -0.39 is 10.0 Å². The van der Waals surface area contributed by atoms with Gasteiger partial charge in [-0.1, -0.05) is 6.07 Å². The highest BCUT2D eigenvalue weighted by atomic mass is 32.2. The van der Waals surface area contributed by atoms with Gasteiger partial charge in [0.25, 0.3) is 0 Å². The number of amides is 2. The Balaban J connectivity index is 1.30. The van der Waals surface area contributed by atoms with Gasteiger partial charge >= 0.3 is 0 Å². The Morgan fingerprint density at radius 2 is 1.72 bits per heavy atom. The van der Waals surface area contributed by atoms with Crippen LogP contribution in [0.1, 0.15) is 25.0 Å². The van der Waals surface area contributed by atoms with E-state index in [4.69, 9.17) is 0 Å². The number of hydrogen-bond donors (Lipinski definition) is 0. The second-order valence-electron chi connectivity index (χ2n) is 7.49. The fraction of sp³-hybridized carbons (Fsp3) is 0.526. The quantitative estimate of drug-likeness (QED) is 0.626. The van der Waals surface area contributed by atoms with Gasteiger partial charge in [0.15, 0.2) is 0 Å². The van der Waals surface area contributed by atoms with Crippen LogP contribution in [0.15, 0.2) is 30.5 Å². The first-order valence-electron chi connectivity index (χ1n) is 9.89. The first-order chi connectivity index (χ1) is 13.9. The molecule has 2 aromatic rings. The van der Waals surface area contributed by atoms with Crippen LogP contribution in [0.3, 0.4) is 0 Å². The van der Waals surface area contributed by atoms with Gasteiger partial charge in [-0.2, -0.15) is 9.40 Å². The normalized spacial score (nSPS) is 19.9. The van der Waals surface area contributed by atoms with Crippen LogP contribution < -0.4 is 0 Å². The number of pyridine rings is 1. The van der Waals surface area contributed by atoms with E-state index in [0.29, 0.717) is 52.0 Å². The Morgan fingerprint density at radius 3 is 2.41 bits per heavy atom. The van der Waals surface area contributed by atoms with Crippen LogP contribution in [-0.4, -0.2) is 82.4 Å². The molecule has 4 rings (SSSR count). The SMILES string of the molecule is O=C1CCCC(=O)N1CCS(=O)(=O)N1CCN(Cc2cc3ccccn3n2)CC1. The van der Waals surface area contributed by atoms with Crippen LogP contribution >= 0.6 is 0 Å². The van der Waals surface area contributed by atoms with E-state index in [2.05, 4.69) is 10.00 Å². The monoisotopic (exact) mass is 419 g/mol. The summed E-state index contributed by atoms with van der Waals surface area (Å²) in [4.78, 5) is 27.0. The van der Waals surface area contributed by atoms with E-state index in [1.807, 2.05) is 35.0 Å². The number of imide groups is 1. The molecule has 0 bridgehead atoms. The zero-order valence-electron chi connectivity index (χ0n) is 16.2. The van der Waals surface area contributed by atoms with Gasteiger partial charge in [0.2, 0.25) is 21.8 Å². The van der Waals surface area contributed by atoms with Crippen molar-refractivity contribution in [3.8, 4) is 0 Å². The number of nitrogens with zero attached hydrogens (tertiary/aromatic N) is 5. The minimum atomic E-state index is -3.51. The summed E-state index contributed by atoms with van der Waals surface area (Å²) in [7, 11) is -3.51. The van der Waals surface area contributed by atoms with Crippen molar-refractivity contribution >= 4 is 27.4 Å². The predicted molar refractivity (Wildman–Crippen MR) is 106 cm³/mol. The smallest absolute Gasteiger partial charge is 0.229 e. The summed E-state index contributed by atoms with van der Waals surface area (Å²) in [6, 6.07) is 7.93. The van der Waals surface area contributed by atoms with Gasteiger partial charge in [0.05, 0.1) is 17.0 Å². The number of sulfonamides is 1. The second-order valence-corrected chi connectivity index (χ2v) is 9.58. The lowest BCUT2D eigenvalue weighted by molar-refractivity contribution is -0.147. The van der Waals surface area contributed by atoms with Crippen molar-refractivity contribution in [3.63, 3.8) is 0 Å². The minimum Gasteiger partial charge on any atom is -0.295 e. The largest absolute Gasteiger partial charge is 0.295 e. The van der Waals surface area contributed by atoms with E-state index in [0.717, 1.165) is 16.1 Å². The molecular formula is C19H25N5O4S. The predicted octanol–water partition coefficient (Wildman–Crippen LogP) is 0.321. The Bertz CT molecular complexity index is 962. The summed E-state index contributed by atoms with van der Waals surface area (Å²) in [6.07, 6.45) is 3.08. The van der Waals surface area contributed by atoms with E-state index >= 15 is 0 Å². The molecule has 0 radical (unpaired) electrons. The van der Waals surface area contributed by atoms with Crippen LogP contribution in [0.2, 0.25) is 0 Å². The van der Waals surface area contributed by atoms with Crippen molar-refractivity contribution in [2.45, 2.75) is 25.8 Å². The van der Waals surface area contributed by atoms with Gasteiger partial charge in [0.1, 0.15) is 0 Å². The Kier molecular flexibility index (Phi) is 5.66. The zero-order chi connectivity index (χ0) is 20.4. The zero-order valence-corrected chi connectivity index (χ0v) is 17.1. The molecule has 0 saturated carbocycles. The lowest BCUT2D eigenvalue weighted by atomic mass is 10.1. The molecule has 0 aromatic carbocycles. The van der Waals surface area contributed by atoms with Gasteiger partial charge in [-0.3, -0.25) is 19.4 Å². The van der Waals surface area contributed by atoms with Gasteiger partial charge in [-0.15, -0.1) is 0 Å². The third-order valence-electron chi connectivity index (χ3n) is 5.49. The van der Waals surface area contributed by atoms with Crippen molar-refractivity contribution in [3.05, 3.63) is 36.2 Å². The maximum Gasteiger partial charge on any atom is 0.229 e. The molecule has 0 N–H and O–H groups in total. The number of fused-ring (bicyclic) bond motifs is 1. The van der Waals surface area contributed by atoms with Crippen molar-refractivity contribution in [2.75, 3.05) is 38.5 Å². The maximum atomic E-state index is 12.7. The average molecular weight is 420 g/mol. The van der Waals surface area contributed by atoms with Crippen molar-refractivity contribution in [1.29, 1.82) is 0 Å². The van der Waals surface area contributed by atoms with Crippen LogP contribution in [0, 0.1) is 0 Å². The molecule has 0 atom stereocenters. The van der Waals surface area contributed by atoms with Crippen molar-refractivity contribution < 1.29 is 18.0 Å². The molecule has 2 amide bonds. The number of aromatic nitrogens is 2. The highest BCUT2D eigenvalue weighted by molar-refractivity contribution is 7.89. The summed E-state index contributed by atoms with van der Waals surface area (Å²) in [5.41, 5.74) is 1.99. The summed E-state index contributed by atoms with van der Waals surface area (Å²) < 4.78 is 28.6. The molecule has 2 aromatic heterocycles. The van der Waals surface area contributed by atoms with Gasteiger partial charge in [-0.05, 0) is 24.6 Å². The van der Waals surface area contributed by atoms with E-state index in [-0.39, 0.29) is 24.1 Å². The number of piperidine rings is 1. The molecule has 9 nitrogen and oxygen atoms in total. The fourth-order valence-corrected chi connectivity index (χ4v) is 5.24. The number of hydrogen-bond acceptors (Lipinski definition) is 6. The summed E-state index contributed by atoms with van der Waals surface area (Å²) in [6.45, 7) is 2.66. The molecule has 156 valence electrons. The maximum absolute atomic E-state index is 12.7. The summed E-state index contributed by atoms with van der Waals surface area (Å²) in [5.74, 6) is -0.751. The highest BCUT2D eigenvalue weighted by Crippen LogP contribution is 2.15. The van der Waals surface area contributed by atoms with Gasteiger partial charge < -0.3 is 0 Å². The van der Waals surface area contributed by atoms with Crippen molar-refractivity contribution in [2.24, 2.45) is 0 Å². The van der Waals surface area contributed by atoms with Gasteiger partial charge in [0, 0.05) is 58.3 Å². The average Bonchev–Trinajstić information content (AvgIpc) is 3.10. The van der Waals surface area contributed by atoms with E-state index in [1.165, 1.54) is 4.31 Å². The topological polar surface area (TPSA) is 95.3 Å². The lowest BCUT2D eigenvalue weighted by Crippen LogP contribution is -2.50. The highest BCUT2D eigenvalue weighted by Gasteiger charge is 2.31. The molecule has 0 aliphatic carbocycles. The standard InChI is InChI=1S/C19H25N5O4S/c25-18-5-3-6-19(26)23(18)12-13-29(27,28)22-10-8-21(9-11-22)15-16-14-17-4-1-2-7-24(17)20-16/h1-2,4,7,14H,3,5-6,8-13,15H2. The molecule has 0 unspecified atom stereocenters. The molecule has 2 fully saturated rings. The first-order valence-corrected chi connectivity index (χ1v) is 11.5. The molecule has 4 heterocycles. The fourth-order valence-electron chi connectivity index (χ4n) is 3.85. The van der Waals surface area contributed by atoms with Crippen LogP contribution in [-0.2, 0) is 26.2 Å². The number of piperazine rings is 1. The first kappa shape index (κ1) is 20.0. The molecule has 0 spiro atoms. The van der Waals surface area contributed by atoms with E-state index in [9.17, 15) is 18.0 Å². The van der Waals surface area contributed by atoms with Crippen LogP contribution in [0.25, 0.3) is 5.52 Å². The number of likely N-dealkylation sites (tertiary alicyclic amines) is 1. The Labute approximate surface area is 169 Å². The number of carbonyl (C=O) groups excluding carboxylic acids is 2. The molecule has 29 heavy (non-hydrogen) atoms. The summed E-state index contributed by atoms with van der Waals surface area (Å²) in [5, 5.41) is 4.54. The minimum absolute atomic E-state index is 0.0541. The third kappa shape index (κ3) is 4.49. The third-order valence-corrected chi connectivity index (χ3v) is 7.34. The van der Waals surface area contributed by atoms with E-state index in [1.54, 1.807) is 0 Å². The number of carbonyl (C=O) groups is 2. The Hall–Kier alpha value is -2.30. The molecule has 2 saturated heterocycles. The molecular weight excluding hydrogens is 394 g/mol. The lowest BCUT2D eigenvalue weighted by Gasteiger charge is -2.34.